The maximum Gasteiger partial charge on any atom is 0.133 e. The van der Waals surface area contributed by atoms with Crippen LogP contribution >= 0.6 is 0 Å². The number of ether oxygens (including phenoxy) is 1. The van der Waals surface area contributed by atoms with Gasteiger partial charge in [0.25, 0.3) is 0 Å². The normalized spacial score (nSPS) is 10.8. The molecule has 2 rings (SSSR count). The zero-order valence-electron chi connectivity index (χ0n) is 11.0. The lowest BCUT2D eigenvalue weighted by Crippen LogP contribution is -2.08. The summed E-state index contributed by atoms with van der Waals surface area (Å²) in [5, 5.41) is 8.14. The Balaban J connectivity index is 1.98. The minimum Gasteiger partial charge on any atom is -0.383 e. The van der Waals surface area contributed by atoms with Crippen LogP contribution in [0.15, 0.2) is 30.6 Å². The molecule has 0 aliphatic heterocycles. The molecule has 0 atom stereocenters. The summed E-state index contributed by atoms with van der Waals surface area (Å²) in [4.78, 5) is 0. The van der Waals surface area contributed by atoms with Crippen molar-refractivity contribution < 1.29 is 4.74 Å². The summed E-state index contributed by atoms with van der Waals surface area (Å²) in [5.74, 6) is 1.02. The monoisotopic (exact) mass is 245 g/mol. The van der Waals surface area contributed by atoms with Gasteiger partial charge < -0.3 is 9.30 Å². The molecule has 0 unspecified atom stereocenters. The molecule has 0 aliphatic rings. The van der Waals surface area contributed by atoms with Crippen LogP contribution in [0.5, 0.6) is 0 Å². The number of methoxy groups -OCH3 is 1. The molecule has 0 radical (unpaired) electrons. The van der Waals surface area contributed by atoms with Gasteiger partial charge in [-0.3, -0.25) is 0 Å². The van der Waals surface area contributed by atoms with E-state index in [4.69, 9.17) is 4.74 Å². The maximum atomic E-state index is 5.08. The minimum atomic E-state index is 0.690. The van der Waals surface area contributed by atoms with Gasteiger partial charge in [-0.1, -0.05) is 24.3 Å². The first kappa shape index (κ1) is 12.8. The maximum absolute atomic E-state index is 5.08. The van der Waals surface area contributed by atoms with Crippen LogP contribution < -0.4 is 0 Å². The fourth-order valence-corrected chi connectivity index (χ4v) is 1.99. The molecule has 4 heteroatoms. The molecule has 18 heavy (non-hydrogen) atoms. The van der Waals surface area contributed by atoms with E-state index in [0.29, 0.717) is 6.61 Å². The molecule has 0 bridgehead atoms. The highest BCUT2D eigenvalue weighted by Crippen LogP contribution is 2.10. The number of rotatable bonds is 6. The molecule has 4 nitrogen and oxygen atoms in total. The van der Waals surface area contributed by atoms with Crippen LogP contribution in [0.2, 0.25) is 0 Å². The lowest BCUT2D eigenvalue weighted by atomic mass is 10.0. The third-order valence-electron chi connectivity index (χ3n) is 3.11. The fraction of sp³-hybridized carbons (Fsp3) is 0.429. The molecule has 0 saturated heterocycles. The summed E-state index contributed by atoms with van der Waals surface area (Å²) < 4.78 is 7.13. The smallest absolute Gasteiger partial charge is 0.133 e. The summed E-state index contributed by atoms with van der Waals surface area (Å²) in [5.41, 5.74) is 2.71. The first-order valence-corrected chi connectivity index (χ1v) is 6.21. The number of aryl methyl sites for hydroxylation is 3. The molecule has 2 aromatic rings. The molecule has 0 spiro atoms. The standard InChI is InChI=1S/C14H19N3O/c1-12-5-3-4-6-13(12)7-8-14-16-15-11-17(14)9-10-18-2/h3-6,11H,7-10H2,1-2H3. The van der Waals surface area contributed by atoms with Gasteiger partial charge in [0.2, 0.25) is 0 Å². The van der Waals surface area contributed by atoms with Crippen LogP contribution in [0.1, 0.15) is 17.0 Å². The Morgan fingerprint density at radius 3 is 2.83 bits per heavy atom. The summed E-state index contributed by atoms with van der Waals surface area (Å²) in [6.07, 6.45) is 3.68. The Morgan fingerprint density at radius 1 is 1.22 bits per heavy atom. The van der Waals surface area contributed by atoms with E-state index in [1.807, 2.05) is 0 Å². The predicted octanol–water partition coefficient (Wildman–Crippen LogP) is 2.02. The number of nitrogens with zero attached hydrogens (tertiary/aromatic N) is 3. The van der Waals surface area contributed by atoms with Gasteiger partial charge in [0.05, 0.1) is 6.61 Å². The van der Waals surface area contributed by atoms with Gasteiger partial charge in [-0.2, -0.15) is 0 Å². The highest BCUT2D eigenvalue weighted by molar-refractivity contribution is 5.25. The van der Waals surface area contributed by atoms with Crippen LogP contribution in [-0.2, 0) is 24.1 Å². The minimum absolute atomic E-state index is 0.690. The van der Waals surface area contributed by atoms with Gasteiger partial charge >= 0.3 is 0 Å². The van der Waals surface area contributed by atoms with E-state index < -0.39 is 0 Å². The highest BCUT2D eigenvalue weighted by Gasteiger charge is 2.05. The molecular weight excluding hydrogens is 226 g/mol. The zero-order valence-corrected chi connectivity index (χ0v) is 11.0. The average Bonchev–Trinajstić information content (AvgIpc) is 2.83. The Kier molecular flexibility index (Phi) is 4.47. The van der Waals surface area contributed by atoms with Gasteiger partial charge in [0.15, 0.2) is 0 Å². The first-order valence-electron chi connectivity index (χ1n) is 6.21. The molecule has 0 saturated carbocycles. The summed E-state index contributed by atoms with van der Waals surface area (Å²) in [6.45, 7) is 3.65. The topological polar surface area (TPSA) is 39.9 Å². The second kappa shape index (κ2) is 6.31. The van der Waals surface area contributed by atoms with Crippen molar-refractivity contribution in [1.82, 2.24) is 14.8 Å². The van der Waals surface area contributed by atoms with Crippen molar-refractivity contribution in [2.75, 3.05) is 13.7 Å². The van der Waals surface area contributed by atoms with Crippen molar-refractivity contribution in [3.8, 4) is 0 Å². The van der Waals surface area contributed by atoms with Gasteiger partial charge in [0, 0.05) is 20.1 Å². The molecule has 0 fully saturated rings. The fourth-order valence-electron chi connectivity index (χ4n) is 1.99. The van der Waals surface area contributed by atoms with E-state index in [2.05, 4.69) is 46.0 Å². The van der Waals surface area contributed by atoms with Crippen molar-refractivity contribution in [3.63, 3.8) is 0 Å². The molecule has 1 aromatic carbocycles. The zero-order chi connectivity index (χ0) is 12.8. The van der Waals surface area contributed by atoms with Crippen molar-refractivity contribution in [2.45, 2.75) is 26.3 Å². The van der Waals surface area contributed by atoms with E-state index in [1.54, 1.807) is 13.4 Å². The number of hydrogen-bond donors (Lipinski definition) is 0. The molecule has 0 N–H and O–H groups in total. The number of benzene rings is 1. The Morgan fingerprint density at radius 2 is 2.06 bits per heavy atom. The molecular formula is C14H19N3O. The van der Waals surface area contributed by atoms with Gasteiger partial charge in [-0.15, -0.1) is 10.2 Å². The summed E-state index contributed by atoms with van der Waals surface area (Å²) in [7, 11) is 1.71. The van der Waals surface area contributed by atoms with E-state index >= 15 is 0 Å². The van der Waals surface area contributed by atoms with Gasteiger partial charge in [-0.05, 0) is 24.5 Å². The second-order valence-corrected chi connectivity index (χ2v) is 4.36. The van der Waals surface area contributed by atoms with Crippen molar-refractivity contribution in [2.24, 2.45) is 0 Å². The quantitative estimate of drug-likeness (QED) is 0.781. The van der Waals surface area contributed by atoms with E-state index in [9.17, 15) is 0 Å². The van der Waals surface area contributed by atoms with E-state index in [-0.39, 0.29) is 0 Å². The summed E-state index contributed by atoms with van der Waals surface area (Å²) >= 11 is 0. The third kappa shape index (κ3) is 3.17. The van der Waals surface area contributed by atoms with Gasteiger partial charge in [-0.25, -0.2) is 0 Å². The molecule has 0 amide bonds. The summed E-state index contributed by atoms with van der Waals surface area (Å²) in [6, 6.07) is 8.47. The molecule has 1 aromatic heterocycles. The Labute approximate surface area is 108 Å². The van der Waals surface area contributed by atoms with Crippen LogP contribution in [-0.4, -0.2) is 28.5 Å². The third-order valence-corrected chi connectivity index (χ3v) is 3.11. The average molecular weight is 245 g/mol. The van der Waals surface area contributed by atoms with Crippen LogP contribution in [0.4, 0.5) is 0 Å². The van der Waals surface area contributed by atoms with Crippen molar-refractivity contribution in [1.29, 1.82) is 0 Å². The van der Waals surface area contributed by atoms with Crippen molar-refractivity contribution >= 4 is 0 Å². The Bertz CT molecular complexity index is 493. The van der Waals surface area contributed by atoms with Gasteiger partial charge in [0.1, 0.15) is 12.2 Å². The van der Waals surface area contributed by atoms with E-state index in [1.165, 1.54) is 11.1 Å². The number of aromatic nitrogens is 3. The lowest BCUT2D eigenvalue weighted by molar-refractivity contribution is 0.186. The largest absolute Gasteiger partial charge is 0.383 e. The van der Waals surface area contributed by atoms with Crippen molar-refractivity contribution in [3.05, 3.63) is 47.5 Å². The molecule has 1 heterocycles. The lowest BCUT2D eigenvalue weighted by Gasteiger charge is -2.07. The second-order valence-electron chi connectivity index (χ2n) is 4.36. The molecule has 0 aliphatic carbocycles. The predicted molar refractivity (Wildman–Crippen MR) is 70.5 cm³/mol. The SMILES string of the molecule is COCCn1cnnc1CCc1ccccc1C. The van der Waals surface area contributed by atoms with Crippen LogP contribution in [0.25, 0.3) is 0 Å². The number of hydrogen-bond acceptors (Lipinski definition) is 3. The Hall–Kier alpha value is -1.68. The van der Waals surface area contributed by atoms with Crippen LogP contribution in [0, 0.1) is 6.92 Å². The molecule has 96 valence electrons. The first-order chi connectivity index (χ1) is 8.81. The van der Waals surface area contributed by atoms with Crippen LogP contribution in [0.3, 0.4) is 0 Å². The van der Waals surface area contributed by atoms with E-state index in [0.717, 1.165) is 25.2 Å². The highest BCUT2D eigenvalue weighted by atomic mass is 16.5.